The van der Waals surface area contributed by atoms with E-state index in [-0.39, 0.29) is 0 Å². The second kappa shape index (κ2) is 5.31. The van der Waals surface area contributed by atoms with Gasteiger partial charge in [0.25, 0.3) is 0 Å². The zero-order valence-corrected chi connectivity index (χ0v) is 11.6. The van der Waals surface area contributed by atoms with E-state index in [0.29, 0.717) is 0 Å². The molecule has 0 radical (unpaired) electrons. The molecular formula is C17H13NOS. The van der Waals surface area contributed by atoms with Crippen LogP contribution in [0, 0.1) is 0 Å². The summed E-state index contributed by atoms with van der Waals surface area (Å²) in [6, 6.07) is 19.8. The van der Waals surface area contributed by atoms with Gasteiger partial charge in [-0.2, -0.15) is 0 Å². The molecule has 1 aromatic heterocycles. The predicted molar refractivity (Wildman–Crippen MR) is 85.0 cm³/mol. The Hall–Kier alpha value is -2.39. The number of rotatable bonds is 3. The lowest BCUT2D eigenvalue weighted by atomic mass is 10.0. The van der Waals surface area contributed by atoms with Gasteiger partial charge in [-0.15, -0.1) is 11.3 Å². The van der Waals surface area contributed by atoms with Crippen LogP contribution in [0.3, 0.4) is 0 Å². The number of carbonyl (C=O) groups is 1. The van der Waals surface area contributed by atoms with Crippen molar-refractivity contribution in [3.05, 3.63) is 65.5 Å². The van der Waals surface area contributed by atoms with Crippen molar-refractivity contribution in [1.82, 2.24) is 0 Å². The Balaban J connectivity index is 2.09. The lowest BCUT2D eigenvalue weighted by Crippen LogP contribution is -1.90. The van der Waals surface area contributed by atoms with E-state index >= 15 is 0 Å². The van der Waals surface area contributed by atoms with E-state index in [1.165, 1.54) is 11.3 Å². The van der Waals surface area contributed by atoms with Crippen molar-refractivity contribution in [2.75, 3.05) is 5.73 Å². The molecule has 3 heteroatoms. The summed E-state index contributed by atoms with van der Waals surface area (Å²) in [5.41, 5.74) is 10.0. The van der Waals surface area contributed by atoms with Crippen LogP contribution >= 0.6 is 11.3 Å². The van der Waals surface area contributed by atoms with Crippen molar-refractivity contribution in [1.29, 1.82) is 0 Å². The molecule has 0 amide bonds. The molecule has 98 valence electrons. The van der Waals surface area contributed by atoms with Gasteiger partial charge in [0, 0.05) is 16.1 Å². The van der Waals surface area contributed by atoms with Gasteiger partial charge >= 0.3 is 0 Å². The lowest BCUT2D eigenvalue weighted by molar-refractivity contribution is 0.112. The Morgan fingerprint density at radius 2 is 1.70 bits per heavy atom. The first-order chi connectivity index (χ1) is 9.78. The van der Waals surface area contributed by atoms with Crippen LogP contribution in [0.1, 0.15) is 9.67 Å². The fourth-order valence-corrected chi connectivity index (χ4v) is 2.97. The number of thiophene rings is 1. The van der Waals surface area contributed by atoms with Crippen LogP contribution in [0.2, 0.25) is 0 Å². The number of aldehydes is 1. The first-order valence-electron chi connectivity index (χ1n) is 6.28. The summed E-state index contributed by atoms with van der Waals surface area (Å²) in [4.78, 5) is 12.6. The first kappa shape index (κ1) is 12.6. The van der Waals surface area contributed by atoms with Crippen LogP contribution in [-0.4, -0.2) is 6.29 Å². The predicted octanol–water partition coefficient (Wildman–Crippen LogP) is 4.48. The largest absolute Gasteiger partial charge is 0.398 e. The molecule has 0 unspecified atom stereocenters. The summed E-state index contributed by atoms with van der Waals surface area (Å²) in [6.07, 6.45) is 0.879. The van der Waals surface area contributed by atoms with E-state index in [1.807, 2.05) is 54.6 Å². The van der Waals surface area contributed by atoms with Crippen LogP contribution in [0.4, 0.5) is 5.69 Å². The number of anilines is 1. The molecular weight excluding hydrogens is 266 g/mol. The minimum Gasteiger partial charge on any atom is -0.398 e. The molecule has 0 aliphatic rings. The SMILES string of the molecule is Nc1ccc(-c2ccc(C=O)s2)cc1-c1ccccc1. The third-order valence-electron chi connectivity index (χ3n) is 3.17. The Bertz CT molecular complexity index is 747. The summed E-state index contributed by atoms with van der Waals surface area (Å²) < 4.78 is 0. The number of hydrogen-bond donors (Lipinski definition) is 1. The van der Waals surface area contributed by atoms with E-state index in [4.69, 9.17) is 5.73 Å². The number of benzene rings is 2. The van der Waals surface area contributed by atoms with Crippen molar-refractivity contribution < 1.29 is 4.79 Å². The van der Waals surface area contributed by atoms with Gasteiger partial charge in [-0.1, -0.05) is 36.4 Å². The van der Waals surface area contributed by atoms with Gasteiger partial charge in [0.1, 0.15) is 0 Å². The second-order valence-electron chi connectivity index (χ2n) is 4.49. The van der Waals surface area contributed by atoms with Crippen LogP contribution < -0.4 is 5.73 Å². The smallest absolute Gasteiger partial charge is 0.160 e. The van der Waals surface area contributed by atoms with Gasteiger partial charge in [-0.3, -0.25) is 4.79 Å². The summed E-state index contributed by atoms with van der Waals surface area (Å²) in [5, 5.41) is 0. The van der Waals surface area contributed by atoms with Crippen LogP contribution in [0.15, 0.2) is 60.7 Å². The van der Waals surface area contributed by atoms with Gasteiger partial charge in [-0.25, -0.2) is 0 Å². The van der Waals surface area contributed by atoms with Gasteiger partial charge in [0.2, 0.25) is 0 Å². The van der Waals surface area contributed by atoms with Crippen molar-refractivity contribution in [3.63, 3.8) is 0 Å². The van der Waals surface area contributed by atoms with Crippen LogP contribution in [0.25, 0.3) is 21.6 Å². The molecule has 0 aliphatic carbocycles. The maximum absolute atomic E-state index is 10.8. The van der Waals surface area contributed by atoms with Gasteiger partial charge in [-0.05, 0) is 35.4 Å². The zero-order valence-electron chi connectivity index (χ0n) is 10.7. The van der Waals surface area contributed by atoms with E-state index < -0.39 is 0 Å². The second-order valence-corrected chi connectivity index (χ2v) is 5.60. The molecule has 0 atom stereocenters. The molecule has 2 aromatic carbocycles. The first-order valence-corrected chi connectivity index (χ1v) is 7.10. The Morgan fingerprint density at radius 3 is 2.40 bits per heavy atom. The molecule has 0 saturated carbocycles. The highest BCUT2D eigenvalue weighted by molar-refractivity contribution is 7.17. The van der Waals surface area contributed by atoms with Crippen LogP contribution in [-0.2, 0) is 0 Å². The minimum absolute atomic E-state index is 0.734. The van der Waals surface area contributed by atoms with Gasteiger partial charge in [0.05, 0.1) is 4.88 Å². The van der Waals surface area contributed by atoms with Gasteiger partial charge < -0.3 is 5.73 Å². The van der Waals surface area contributed by atoms with Gasteiger partial charge in [0.15, 0.2) is 6.29 Å². The molecule has 20 heavy (non-hydrogen) atoms. The number of nitrogens with two attached hydrogens (primary N) is 1. The van der Waals surface area contributed by atoms with Crippen molar-refractivity contribution in [2.24, 2.45) is 0 Å². The molecule has 0 spiro atoms. The zero-order chi connectivity index (χ0) is 13.9. The van der Waals surface area contributed by atoms with E-state index in [0.717, 1.165) is 38.4 Å². The quantitative estimate of drug-likeness (QED) is 0.567. The average Bonchev–Trinajstić information content (AvgIpc) is 2.97. The molecule has 2 nitrogen and oxygen atoms in total. The van der Waals surface area contributed by atoms with Crippen LogP contribution in [0.5, 0.6) is 0 Å². The number of carbonyl (C=O) groups excluding carboxylic acids is 1. The molecule has 2 N–H and O–H groups in total. The minimum atomic E-state index is 0.734. The summed E-state index contributed by atoms with van der Waals surface area (Å²) >= 11 is 1.49. The van der Waals surface area contributed by atoms with E-state index in [1.54, 1.807) is 0 Å². The third-order valence-corrected chi connectivity index (χ3v) is 4.23. The fourth-order valence-electron chi connectivity index (χ4n) is 2.15. The third kappa shape index (κ3) is 2.36. The standard InChI is InChI=1S/C17H13NOS/c18-16-8-6-13(17-9-7-14(11-19)20-17)10-15(16)12-4-2-1-3-5-12/h1-11H,18H2. The average molecular weight is 279 g/mol. The summed E-state index contributed by atoms with van der Waals surface area (Å²) in [6.45, 7) is 0. The number of nitrogen functional groups attached to an aromatic ring is 1. The Kier molecular flexibility index (Phi) is 3.35. The van der Waals surface area contributed by atoms with E-state index in [2.05, 4.69) is 6.07 Å². The van der Waals surface area contributed by atoms with Crippen molar-refractivity contribution in [3.8, 4) is 21.6 Å². The maximum atomic E-state index is 10.8. The lowest BCUT2D eigenvalue weighted by Gasteiger charge is -2.08. The summed E-state index contributed by atoms with van der Waals surface area (Å²) in [5.74, 6) is 0. The highest BCUT2D eigenvalue weighted by Gasteiger charge is 2.07. The maximum Gasteiger partial charge on any atom is 0.160 e. The highest BCUT2D eigenvalue weighted by atomic mass is 32.1. The number of hydrogen-bond acceptors (Lipinski definition) is 3. The highest BCUT2D eigenvalue weighted by Crippen LogP contribution is 2.33. The molecule has 3 aromatic rings. The molecule has 1 heterocycles. The fraction of sp³-hybridized carbons (Fsp3) is 0. The van der Waals surface area contributed by atoms with Crippen molar-refractivity contribution in [2.45, 2.75) is 0 Å². The molecule has 0 fully saturated rings. The van der Waals surface area contributed by atoms with Crippen molar-refractivity contribution >= 4 is 23.3 Å². The molecule has 0 saturated heterocycles. The molecule has 0 aliphatic heterocycles. The summed E-state index contributed by atoms with van der Waals surface area (Å²) in [7, 11) is 0. The topological polar surface area (TPSA) is 43.1 Å². The molecule has 3 rings (SSSR count). The Labute approximate surface area is 121 Å². The molecule has 0 bridgehead atoms. The van der Waals surface area contributed by atoms with E-state index in [9.17, 15) is 4.79 Å². The Morgan fingerprint density at radius 1 is 0.900 bits per heavy atom. The normalized spacial score (nSPS) is 10.4. The monoisotopic (exact) mass is 279 g/mol.